The van der Waals surface area contributed by atoms with Gasteiger partial charge in [-0.15, -0.1) is 11.3 Å². The van der Waals surface area contributed by atoms with Crippen molar-refractivity contribution in [2.45, 2.75) is 37.6 Å². The highest BCUT2D eigenvalue weighted by atomic mass is 35.5. The van der Waals surface area contributed by atoms with Crippen LogP contribution in [0.1, 0.15) is 28.8 Å². The number of carbonyl (C=O) groups is 1. The van der Waals surface area contributed by atoms with E-state index in [4.69, 9.17) is 11.6 Å². The molecular formula is C19H18ClN3OS2. The summed E-state index contributed by atoms with van der Waals surface area (Å²) in [6.07, 6.45) is 6.30. The average molecular weight is 404 g/mol. The summed E-state index contributed by atoms with van der Waals surface area (Å²) >= 11 is 9.23. The molecule has 0 radical (unpaired) electrons. The molecule has 26 heavy (non-hydrogen) atoms. The van der Waals surface area contributed by atoms with Gasteiger partial charge in [-0.2, -0.15) is 0 Å². The molecule has 4 rings (SSSR count). The summed E-state index contributed by atoms with van der Waals surface area (Å²) in [6, 6.07) is 5.46. The van der Waals surface area contributed by atoms with Crippen molar-refractivity contribution in [3.63, 3.8) is 0 Å². The van der Waals surface area contributed by atoms with Crippen LogP contribution in [0.2, 0.25) is 5.02 Å². The van der Waals surface area contributed by atoms with Gasteiger partial charge in [-0.05, 0) is 61.9 Å². The Balaban J connectivity index is 1.51. The van der Waals surface area contributed by atoms with Crippen LogP contribution in [0.15, 0.2) is 29.6 Å². The van der Waals surface area contributed by atoms with Crippen LogP contribution in [0.5, 0.6) is 0 Å². The fraction of sp³-hybridized carbons (Fsp3) is 0.316. The van der Waals surface area contributed by atoms with Gasteiger partial charge in [0.05, 0.1) is 5.75 Å². The fourth-order valence-corrected chi connectivity index (χ4v) is 5.60. The maximum absolute atomic E-state index is 12.4. The van der Waals surface area contributed by atoms with E-state index in [0.29, 0.717) is 10.8 Å². The van der Waals surface area contributed by atoms with Gasteiger partial charge in [0, 0.05) is 21.0 Å². The smallest absolute Gasteiger partial charge is 0.234 e. The molecule has 2 aromatic heterocycles. The zero-order valence-corrected chi connectivity index (χ0v) is 16.7. The van der Waals surface area contributed by atoms with Crippen LogP contribution in [0, 0.1) is 6.92 Å². The van der Waals surface area contributed by atoms with Crippen molar-refractivity contribution in [2.75, 3.05) is 11.1 Å². The van der Waals surface area contributed by atoms with E-state index in [0.717, 1.165) is 39.3 Å². The highest BCUT2D eigenvalue weighted by molar-refractivity contribution is 8.00. The Morgan fingerprint density at radius 3 is 3.00 bits per heavy atom. The zero-order chi connectivity index (χ0) is 18.1. The van der Waals surface area contributed by atoms with Gasteiger partial charge in [0.2, 0.25) is 5.91 Å². The first-order chi connectivity index (χ1) is 12.6. The Labute approximate surface area is 165 Å². The van der Waals surface area contributed by atoms with Crippen LogP contribution >= 0.6 is 34.7 Å². The summed E-state index contributed by atoms with van der Waals surface area (Å²) in [4.78, 5) is 23.8. The second kappa shape index (κ2) is 7.55. The fourth-order valence-electron chi connectivity index (χ4n) is 3.26. The standard InChI is InChI=1S/C19H18ClN3OS2/c1-11-8-12(20)6-7-14(11)23-16(24)9-25-18-17-13-4-2-3-5-15(13)26-19(17)22-10-21-18/h6-8,10H,2-5,9H2,1H3,(H,23,24). The Bertz CT molecular complexity index is 986. The topological polar surface area (TPSA) is 54.9 Å². The predicted molar refractivity (Wildman–Crippen MR) is 110 cm³/mol. The quantitative estimate of drug-likeness (QED) is 0.476. The summed E-state index contributed by atoms with van der Waals surface area (Å²) in [5, 5.41) is 5.69. The Morgan fingerprint density at radius 2 is 2.15 bits per heavy atom. The summed E-state index contributed by atoms with van der Waals surface area (Å²) in [7, 11) is 0. The number of rotatable bonds is 4. The van der Waals surface area contributed by atoms with Gasteiger partial charge < -0.3 is 5.32 Å². The molecular weight excluding hydrogens is 386 g/mol. The number of carbonyl (C=O) groups excluding carboxylic acids is 1. The number of hydrogen-bond donors (Lipinski definition) is 1. The third kappa shape index (κ3) is 3.59. The lowest BCUT2D eigenvalue weighted by Crippen LogP contribution is -2.15. The molecule has 3 aromatic rings. The minimum absolute atomic E-state index is 0.0451. The van der Waals surface area contributed by atoms with Crippen LogP contribution in [-0.4, -0.2) is 21.6 Å². The number of aryl methyl sites for hydroxylation is 3. The maximum atomic E-state index is 12.4. The highest BCUT2D eigenvalue weighted by Gasteiger charge is 2.20. The van der Waals surface area contributed by atoms with Crippen LogP contribution in [0.25, 0.3) is 10.2 Å². The van der Waals surface area contributed by atoms with E-state index >= 15 is 0 Å². The van der Waals surface area contributed by atoms with Crippen molar-refractivity contribution in [1.82, 2.24) is 9.97 Å². The average Bonchev–Trinajstić information content (AvgIpc) is 3.01. The van der Waals surface area contributed by atoms with Crippen molar-refractivity contribution in [3.8, 4) is 0 Å². The largest absolute Gasteiger partial charge is 0.325 e. The number of fused-ring (bicyclic) bond motifs is 3. The predicted octanol–water partition coefficient (Wildman–Crippen LogP) is 5.26. The van der Waals surface area contributed by atoms with Crippen LogP contribution in [0.3, 0.4) is 0 Å². The number of amides is 1. The number of benzene rings is 1. The van der Waals surface area contributed by atoms with Crippen LogP contribution < -0.4 is 5.32 Å². The van der Waals surface area contributed by atoms with E-state index in [1.54, 1.807) is 23.7 Å². The third-order valence-corrected chi connectivity index (χ3v) is 6.94. The Morgan fingerprint density at radius 1 is 1.31 bits per heavy atom. The summed E-state index contributed by atoms with van der Waals surface area (Å²) in [5.41, 5.74) is 3.14. The molecule has 134 valence electrons. The minimum Gasteiger partial charge on any atom is -0.325 e. The number of thioether (sulfide) groups is 1. The van der Waals surface area contributed by atoms with Crippen molar-refractivity contribution in [1.29, 1.82) is 0 Å². The van der Waals surface area contributed by atoms with Gasteiger partial charge in [-0.3, -0.25) is 4.79 Å². The van der Waals surface area contributed by atoms with Crippen LogP contribution in [0.4, 0.5) is 5.69 Å². The first kappa shape index (κ1) is 17.8. The lowest BCUT2D eigenvalue weighted by atomic mass is 9.97. The monoisotopic (exact) mass is 403 g/mol. The van der Waals surface area contributed by atoms with E-state index in [1.807, 2.05) is 19.1 Å². The van der Waals surface area contributed by atoms with Crippen molar-refractivity contribution < 1.29 is 4.79 Å². The molecule has 7 heteroatoms. The molecule has 1 aliphatic carbocycles. The molecule has 0 saturated heterocycles. The summed E-state index contributed by atoms with van der Waals surface area (Å²) in [5.74, 6) is 0.273. The molecule has 0 saturated carbocycles. The molecule has 2 heterocycles. The normalized spacial score (nSPS) is 13.6. The highest BCUT2D eigenvalue weighted by Crippen LogP contribution is 2.39. The Kier molecular flexibility index (Phi) is 5.16. The zero-order valence-electron chi connectivity index (χ0n) is 14.3. The molecule has 1 aromatic carbocycles. The van der Waals surface area contributed by atoms with Crippen molar-refractivity contribution in [3.05, 3.63) is 45.6 Å². The molecule has 1 amide bonds. The number of hydrogen-bond acceptors (Lipinski definition) is 5. The van der Waals surface area contributed by atoms with E-state index in [-0.39, 0.29) is 5.91 Å². The third-order valence-electron chi connectivity index (χ3n) is 4.52. The van der Waals surface area contributed by atoms with Gasteiger partial charge >= 0.3 is 0 Å². The second-order valence-corrected chi connectivity index (χ2v) is 8.85. The molecule has 0 bridgehead atoms. The van der Waals surface area contributed by atoms with Gasteiger partial charge in [0.25, 0.3) is 0 Å². The van der Waals surface area contributed by atoms with Gasteiger partial charge in [-0.1, -0.05) is 23.4 Å². The molecule has 0 spiro atoms. The van der Waals surface area contributed by atoms with E-state index in [9.17, 15) is 4.79 Å². The molecule has 0 aliphatic heterocycles. The number of thiophene rings is 1. The Hall–Kier alpha value is -1.63. The molecule has 0 fully saturated rings. The number of halogens is 1. The molecule has 1 N–H and O–H groups in total. The van der Waals surface area contributed by atoms with Gasteiger partial charge in [-0.25, -0.2) is 9.97 Å². The van der Waals surface area contributed by atoms with Crippen molar-refractivity contribution in [2.24, 2.45) is 0 Å². The maximum Gasteiger partial charge on any atom is 0.234 e. The first-order valence-corrected chi connectivity index (χ1v) is 10.7. The number of nitrogens with one attached hydrogen (secondary N) is 1. The van der Waals surface area contributed by atoms with E-state index < -0.39 is 0 Å². The number of aromatic nitrogens is 2. The summed E-state index contributed by atoms with van der Waals surface area (Å²) in [6.45, 7) is 1.93. The number of anilines is 1. The van der Waals surface area contributed by atoms with Crippen molar-refractivity contribution >= 4 is 56.5 Å². The lowest BCUT2D eigenvalue weighted by molar-refractivity contribution is -0.113. The molecule has 0 unspecified atom stereocenters. The lowest BCUT2D eigenvalue weighted by Gasteiger charge is -2.11. The second-order valence-electron chi connectivity index (χ2n) is 6.37. The van der Waals surface area contributed by atoms with E-state index in [2.05, 4.69) is 15.3 Å². The SMILES string of the molecule is Cc1cc(Cl)ccc1NC(=O)CSc1ncnc2sc3c(c12)CCCC3. The number of nitrogens with zero attached hydrogens (tertiary/aromatic N) is 2. The molecule has 4 nitrogen and oxygen atoms in total. The van der Waals surface area contributed by atoms with Gasteiger partial charge in [0.1, 0.15) is 16.2 Å². The minimum atomic E-state index is -0.0451. The first-order valence-electron chi connectivity index (χ1n) is 8.56. The van der Waals surface area contributed by atoms with E-state index in [1.165, 1.54) is 35.0 Å². The van der Waals surface area contributed by atoms with Gasteiger partial charge in [0.15, 0.2) is 0 Å². The molecule has 0 atom stereocenters. The molecule has 1 aliphatic rings. The van der Waals surface area contributed by atoms with Crippen LogP contribution in [-0.2, 0) is 17.6 Å². The summed E-state index contributed by atoms with van der Waals surface area (Å²) < 4.78 is 0.